The van der Waals surface area contributed by atoms with Crippen LogP contribution >= 0.6 is 23.1 Å². The van der Waals surface area contributed by atoms with Gasteiger partial charge >= 0.3 is 0 Å². The Labute approximate surface area is 189 Å². The average molecular weight is 450 g/mol. The second-order valence-electron chi connectivity index (χ2n) is 7.21. The molecule has 31 heavy (non-hydrogen) atoms. The summed E-state index contributed by atoms with van der Waals surface area (Å²) >= 11 is 2.68. The monoisotopic (exact) mass is 449 g/mol. The molecule has 0 bridgehead atoms. The smallest absolute Gasteiger partial charge is 0.272 e. The van der Waals surface area contributed by atoms with Gasteiger partial charge in [0.2, 0.25) is 5.91 Å². The van der Waals surface area contributed by atoms with E-state index >= 15 is 0 Å². The molecule has 1 amide bonds. The van der Waals surface area contributed by atoms with Gasteiger partial charge in [-0.25, -0.2) is 4.98 Å². The van der Waals surface area contributed by atoms with E-state index in [-0.39, 0.29) is 17.2 Å². The summed E-state index contributed by atoms with van der Waals surface area (Å²) < 4.78 is 2.30. The maximum Gasteiger partial charge on any atom is 0.272 e. The zero-order chi connectivity index (χ0) is 21.8. The van der Waals surface area contributed by atoms with E-state index in [1.165, 1.54) is 23.1 Å². The fraction of sp³-hybridized carbons (Fsp3) is 0.208. The van der Waals surface area contributed by atoms with Crippen LogP contribution in [0.4, 0.5) is 5.69 Å². The Hall–Kier alpha value is -2.90. The number of aryl methyl sites for hydroxylation is 2. The minimum Gasteiger partial charge on any atom is -0.325 e. The number of benzene rings is 2. The second kappa shape index (κ2) is 9.49. The van der Waals surface area contributed by atoms with E-state index in [0.717, 1.165) is 28.8 Å². The first-order valence-corrected chi connectivity index (χ1v) is 12.0. The van der Waals surface area contributed by atoms with E-state index in [2.05, 4.69) is 17.2 Å². The van der Waals surface area contributed by atoms with E-state index in [4.69, 9.17) is 0 Å². The lowest BCUT2D eigenvalue weighted by Crippen LogP contribution is -2.24. The zero-order valence-corrected chi connectivity index (χ0v) is 19.1. The van der Waals surface area contributed by atoms with Crippen molar-refractivity contribution < 1.29 is 4.79 Å². The Balaban J connectivity index is 1.59. The van der Waals surface area contributed by atoms with Gasteiger partial charge in [-0.2, -0.15) is 0 Å². The number of nitrogens with one attached hydrogen (secondary N) is 1. The number of rotatable bonds is 7. The summed E-state index contributed by atoms with van der Waals surface area (Å²) in [5.41, 5.74) is 4.64. The maximum atomic E-state index is 13.1. The van der Waals surface area contributed by atoms with Gasteiger partial charge in [-0.05, 0) is 41.5 Å². The van der Waals surface area contributed by atoms with Gasteiger partial charge in [-0.15, -0.1) is 11.3 Å². The first kappa shape index (κ1) is 21.3. The summed E-state index contributed by atoms with van der Waals surface area (Å²) in [4.78, 5) is 30.5. The van der Waals surface area contributed by atoms with Crippen LogP contribution in [0.5, 0.6) is 0 Å². The Morgan fingerprint density at radius 3 is 2.71 bits per heavy atom. The topological polar surface area (TPSA) is 64.0 Å². The van der Waals surface area contributed by atoms with E-state index in [1.54, 1.807) is 4.57 Å². The third kappa shape index (κ3) is 4.73. The molecule has 2 aromatic heterocycles. The SMILES string of the molecule is CCc1cccc(C)c1NC(=O)CSc1nc2ccsc2c(=O)n1Cc1ccccc1. The normalized spacial score (nSPS) is 11.0. The first-order chi connectivity index (χ1) is 15.1. The first-order valence-electron chi connectivity index (χ1n) is 10.1. The fourth-order valence-electron chi connectivity index (χ4n) is 3.45. The molecule has 2 heterocycles. The molecule has 0 saturated carbocycles. The van der Waals surface area contributed by atoms with Crippen molar-refractivity contribution in [3.8, 4) is 0 Å². The molecule has 0 saturated heterocycles. The van der Waals surface area contributed by atoms with Gasteiger partial charge in [-0.1, -0.05) is 67.2 Å². The van der Waals surface area contributed by atoms with Crippen LogP contribution in [0, 0.1) is 6.92 Å². The van der Waals surface area contributed by atoms with E-state index < -0.39 is 0 Å². The minimum atomic E-state index is -0.111. The summed E-state index contributed by atoms with van der Waals surface area (Å²) in [7, 11) is 0. The van der Waals surface area contributed by atoms with Crippen molar-refractivity contribution in [2.75, 3.05) is 11.1 Å². The van der Waals surface area contributed by atoms with Gasteiger partial charge in [0.1, 0.15) is 4.70 Å². The highest BCUT2D eigenvalue weighted by Crippen LogP contribution is 2.24. The summed E-state index contributed by atoms with van der Waals surface area (Å²) in [6, 6.07) is 17.7. The molecule has 0 unspecified atom stereocenters. The number of thiophene rings is 1. The molecule has 2 aromatic carbocycles. The minimum absolute atomic E-state index is 0.0704. The number of aromatic nitrogens is 2. The summed E-state index contributed by atoms with van der Waals surface area (Å²) in [5.74, 6) is 0.0638. The lowest BCUT2D eigenvalue weighted by molar-refractivity contribution is -0.113. The lowest BCUT2D eigenvalue weighted by Gasteiger charge is -2.14. The molecule has 0 aliphatic heterocycles. The number of carbonyl (C=O) groups excluding carboxylic acids is 1. The van der Waals surface area contributed by atoms with Gasteiger partial charge in [-0.3, -0.25) is 14.2 Å². The number of hydrogen-bond acceptors (Lipinski definition) is 5. The molecule has 5 nitrogen and oxygen atoms in total. The number of nitrogens with zero attached hydrogens (tertiary/aromatic N) is 2. The molecule has 0 aliphatic carbocycles. The molecular weight excluding hydrogens is 426 g/mol. The van der Waals surface area contributed by atoms with Gasteiger partial charge in [0.15, 0.2) is 5.16 Å². The molecule has 0 spiro atoms. The van der Waals surface area contributed by atoms with Crippen molar-refractivity contribution in [1.29, 1.82) is 0 Å². The molecule has 0 radical (unpaired) electrons. The van der Waals surface area contributed by atoms with Gasteiger partial charge in [0.05, 0.1) is 17.8 Å². The number of amides is 1. The third-order valence-corrected chi connectivity index (χ3v) is 6.92. The number of thioether (sulfide) groups is 1. The molecule has 0 fully saturated rings. The quantitative estimate of drug-likeness (QED) is 0.315. The number of hydrogen-bond donors (Lipinski definition) is 1. The third-order valence-electron chi connectivity index (χ3n) is 5.05. The van der Waals surface area contributed by atoms with Crippen LogP contribution in [0.1, 0.15) is 23.6 Å². The van der Waals surface area contributed by atoms with Crippen LogP contribution in [-0.2, 0) is 17.8 Å². The van der Waals surface area contributed by atoms with Crippen LogP contribution in [0.25, 0.3) is 10.2 Å². The Bertz CT molecular complexity index is 1280. The molecule has 0 aliphatic rings. The van der Waals surface area contributed by atoms with Gasteiger partial charge < -0.3 is 5.32 Å². The van der Waals surface area contributed by atoms with E-state index in [0.29, 0.717) is 21.9 Å². The predicted molar refractivity (Wildman–Crippen MR) is 129 cm³/mol. The molecule has 158 valence electrons. The molecule has 4 aromatic rings. The highest BCUT2D eigenvalue weighted by molar-refractivity contribution is 7.99. The van der Waals surface area contributed by atoms with Crippen LogP contribution in [0.15, 0.2) is 69.9 Å². The Morgan fingerprint density at radius 2 is 1.94 bits per heavy atom. The fourth-order valence-corrected chi connectivity index (χ4v) is 5.02. The van der Waals surface area contributed by atoms with Crippen LogP contribution < -0.4 is 10.9 Å². The van der Waals surface area contributed by atoms with Crippen molar-refractivity contribution in [2.24, 2.45) is 0 Å². The second-order valence-corrected chi connectivity index (χ2v) is 9.06. The van der Waals surface area contributed by atoms with Crippen molar-refractivity contribution in [3.05, 3.63) is 87.0 Å². The Kier molecular flexibility index (Phi) is 6.53. The van der Waals surface area contributed by atoms with Gasteiger partial charge in [0, 0.05) is 5.69 Å². The van der Waals surface area contributed by atoms with Crippen molar-refractivity contribution >= 4 is 44.9 Å². The number of fused-ring (bicyclic) bond motifs is 1. The highest BCUT2D eigenvalue weighted by Gasteiger charge is 2.15. The highest BCUT2D eigenvalue weighted by atomic mass is 32.2. The standard InChI is InChI=1S/C24H23N3O2S2/c1-3-18-11-7-8-16(2)21(18)26-20(28)15-31-24-25-19-12-13-30-22(19)23(29)27(24)14-17-9-5-4-6-10-17/h4-13H,3,14-15H2,1-2H3,(H,26,28). The molecule has 4 rings (SSSR count). The van der Waals surface area contributed by atoms with Crippen LogP contribution in [0.2, 0.25) is 0 Å². The zero-order valence-electron chi connectivity index (χ0n) is 17.4. The maximum absolute atomic E-state index is 13.1. The van der Waals surface area contributed by atoms with Crippen molar-refractivity contribution in [2.45, 2.75) is 32.0 Å². The van der Waals surface area contributed by atoms with Crippen molar-refractivity contribution in [3.63, 3.8) is 0 Å². The molecule has 1 N–H and O–H groups in total. The van der Waals surface area contributed by atoms with Crippen LogP contribution in [0.3, 0.4) is 0 Å². The molecule has 7 heteroatoms. The summed E-state index contributed by atoms with van der Waals surface area (Å²) in [5, 5.41) is 5.47. The summed E-state index contributed by atoms with van der Waals surface area (Å²) in [6.45, 7) is 4.48. The largest absolute Gasteiger partial charge is 0.325 e. The lowest BCUT2D eigenvalue weighted by atomic mass is 10.1. The van der Waals surface area contributed by atoms with Crippen molar-refractivity contribution in [1.82, 2.24) is 9.55 Å². The van der Waals surface area contributed by atoms with E-state index in [9.17, 15) is 9.59 Å². The molecule has 0 atom stereocenters. The summed E-state index contributed by atoms with van der Waals surface area (Å²) in [6.07, 6.45) is 0.845. The Morgan fingerprint density at radius 1 is 1.13 bits per heavy atom. The number of anilines is 1. The molecular formula is C24H23N3O2S2. The number of carbonyl (C=O) groups is 1. The number of para-hydroxylation sites is 1. The average Bonchev–Trinajstić information content (AvgIpc) is 3.25. The van der Waals surface area contributed by atoms with Crippen LogP contribution in [-0.4, -0.2) is 21.2 Å². The van der Waals surface area contributed by atoms with Gasteiger partial charge in [0.25, 0.3) is 5.56 Å². The predicted octanol–water partition coefficient (Wildman–Crippen LogP) is 5.11. The van der Waals surface area contributed by atoms with E-state index in [1.807, 2.05) is 66.9 Å².